The Morgan fingerprint density at radius 1 is 0.412 bits per heavy atom. The van der Waals surface area contributed by atoms with Gasteiger partial charge in [0.2, 0.25) is 0 Å². The zero-order valence-corrected chi connectivity index (χ0v) is 18.1. The molecule has 0 radical (unpaired) electrons. The minimum Gasteiger partial charge on any atom is -0.166 e. The van der Waals surface area contributed by atoms with Crippen LogP contribution in [0.3, 0.4) is 0 Å². The molecule has 0 bridgehead atoms. The molecule has 0 fully saturated rings. The van der Waals surface area contributed by atoms with Gasteiger partial charge in [-0.05, 0) is 72.8 Å². The van der Waals surface area contributed by atoms with Crippen molar-refractivity contribution < 1.29 is 13.2 Å². The summed E-state index contributed by atoms with van der Waals surface area (Å²) in [5.74, 6) is 0. The molecule has 0 aliphatic rings. The second-order valence-electron chi connectivity index (χ2n) is 8.48. The maximum Gasteiger partial charge on any atom is 0.416 e. The lowest BCUT2D eigenvalue weighted by Crippen LogP contribution is -2.04. The molecule has 6 rings (SSSR count). The van der Waals surface area contributed by atoms with Crippen LogP contribution in [0.25, 0.3) is 54.6 Å². The molecule has 164 valence electrons. The fraction of sp³-hybridized carbons (Fsp3) is 0.0323. The van der Waals surface area contributed by atoms with Gasteiger partial charge in [-0.3, -0.25) is 0 Å². The van der Waals surface area contributed by atoms with E-state index in [0.717, 1.165) is 49.7 Å². The van der Waals surface area contributed by atoms with E-state index in [9.17, 15) is 13.2 Å². The molecular weight excluding hydrogens is 429 g/mol. The molecule has 0 nitrogen and oxygen atoms in total. The molecule has 0 aromatic heterocycles. The van der Waals surface area contributed by atoms with Crippen molar-refractivity contribution in [1.82, 2.24) is 0 Å². The second-order valence-corrected chi connectivity index (χ2v) is 8.48. The Morgan fingerprint density at radius 2 is 0.882 bits per heavy atom. The Hall–Kier alpha value is -4.11. The van der Waals surface area contributed by atoms with Gasteiger partial charge in [-0.2, -0.15) is 13.2 Å². The van der Waals surface area contributed by atoms with E-state index in [1.165, 1.54) is 11.6 Å². The topological polar surface area (TPSA) is 0 Å². The number of hydrogen-bond donors (Lipinski definition) is 0. The van der Waals surface area contributed by atoms with E-state index in [-0.39, 0.29) is 0 Å². The Labute approximate surface area is 194 Å². The highest BCUT2D eigenvalue weighted by Gasteiger charge is 2.30. The van der Waals surface area contributed by atoms with Crippen LogP contribution in [0.1, 0.15) is 5.56 Å². The minimum atomic E-state index is -4.35. The van der Waals surface area contributed by atoms with E-state index in [1.54, 1.807) is 12.1 Å². The van der Waals surface area contributed by atoms with E-state index in [2.05, 4.69) is 36.4 Å². The molecule has 0 heterocycles. The molecule has 34 heavy (non-hydrogen) atoms. The van der Waals surface area contributed by atoms with Crippen LogP contribution in [0.4, 0.5) is 13.2 Å². The second kappa shape index (κ2) is 7.74. The van der Waals surface area contributed by atoms with Crippen LogP contribution < -0.4 is 0 Å². The molecule has 0 aliphatic heterocycles. The number of rotatable bonds is 2. The number of fused-ring (bicyclic) bond motifs is 3. The third-order valence-corrected chi connectivity index (χ3v) is 6.45. The van der Waals surface area contributed by atoms with Crippen molar-refractivity contribution in [3.63, 3.8) is 0 Å². The van der Waals surface area contributed by atoms with Crippen LogP contribution in [0, 0.1) is 0 Å². The van der Waals surface area contributed by atoms with Gasteiger partial charge in [-0.25, -0.2) is 0 Å². The Morgan fingerprint density at radius 3 is 1.44 bits per heavy atom. The summed E-state index contributed by atoms with van der Waals surface area (Å²) in [5, 5.41) is 5.89. The molecule has 0 amide bonds. The largest absolute Gasteiger partial charge is 0.416 e. The first-order valence-electron chi connectivity index (χ1n) is 11.1. The number of hydrogen-bond acceptors (Lipinski definition) is 0. The van der Waals surface area contributed by atoms with Crippen molar-refractivity contribution in [2.75, 3.05) is 0 Å². The lowest BCUT2D eigenvalue weighted by atomic mass is 9.85. The lowest BCUT2D eigenvalue weighted by molar-refractivity contribution is -0.137. The molecule has 0 N–H and O–H groups in total. The average molecular weight is 448 g/mol. The first-order valence-corrected chi connectivity index (χ1v) is 11.1. The van der Waals surface area contributed by atoms with E-state index in [0.29, 0.717) is 5.39 Å². The molecule has 0 saturated heterocycles. The summed E-state index contributed by atoms with van der Waals surface area (Å²) in [4.78, 5) is 0. The van der Waals surface area contributed by atoms with Crippen molar-refractivity contribution >= 4 is 32.3 Å². The van der Waals surface area contributed by atoms with Crippen LogP contribution in [0.5, 0.6) is 0 Å². The fourth-order valence-corrected chi connectivity index (χ4v) is 4.93. The predicted molar refractivity (Wildman–Crippen MR) is 135 cm³/mol. The highest BCUT2D eigenvalue weighted by atomic mass is 19.4. The highest BCUT2D eigenvalue weighted by molar-refractivity contribution is 6.21. The van der Waals surface area contributed by atoms with Crippen LogP contribution in [-0.2, 0) is 6.18 Å². The molecule has 6 aromatic rings. The van der Waals surface area contributed by atoms with Crippen LogP contribution in [0.15, 0.2) is 115 Å². The summed E-state index contributed by atoms with van der Waals surface area (Å²) in [5.41, 5.74) is 3.79. The fourth-order valence-electron chi connectivity index (χ4n) is 4.93. The van der Waals surface area contributed by atoms with Crippen LogP contribution in [-0.4, -0.2) is 0 Å². The monoisotopic (exact) mass is 448 g/mol. The third kappa shape index (κ3) is 3.32. The van der Waals surface area contributed by atoms with E-state index in [1.807, 2.05) is 54.6 Å². The van der Waals surface area contributed by atoms with Gasteiger partial charge in [0.15, 0.2) is 0 Å². The molecular formula is C31H19F3. The Balaban J connectivity index is 1.67. The summed E-state index contributed by atoms with van der Waals surface area (Å²) in [6.07, 6.45) is -4.35. The van der Waals surface area contributed by atoms with Gasteiger partial charge in [0.05, 0.1) is 5.56 Å². The number of halogens is 3. The zero-order valence-electron chi connectivity index (χ0n) is 18.1. The van der Waals surface area contributed by atoms with Crippen molar-refractivity contribution in [1.29, 1.82) is 0 Å². The van der Waals surface area contributed by atoms with Crippen LogP contribution >= 0.6 is 0 Å². The number of alkyl halides is 3. The molecule has 0 unspecified atom stereocenters. The van der Waals surface area contributed by atoms with E-state index in [4.69, 9.17) is 0 Å². The predicted octanol–water partition coefficient (Wildman–Crippen LogP) is 9.50. The molecule has 0 spiro atoms. The van der Waals surface area contributed by atoms with E-state index < -0.39 is 11.7 Å². The van der Waals surface area contributed by atoms with Crippen molar-refractivity contribution in [3.8, 4) is 22.3 Å². The highest BCUT2D eigenvalue weighted by Crippen LogP contribution is 2.44. The summed E-state index contributed by atoms with van der Waals surface area (Å²) in [6, 6.07) is 36.7. The smallest absolute Gasteiger partial charge is 0.166 e. The third-order valence-electron chi connectivity index (χ3n) is 6.45. The van der Waals surface area contributed by atoms with Gasteiger partial charge >= 0.3 is 6.18 Å². The van der Waals surface area contributed by atoms with Gasteiger partial charge < -0.3 is 0 Å². The summed E-state index contributed by atoms with van der Waals surface area (Å²) >= 11 is 0. The zero-order chi connectivity index (χ0) is 23.3. The summed E-state index contributed by atoms with van der Waals surface area (Å²) < 4.78 is 39.6. The van der Waals surface area contributed by atoms with E-state index >= 15 is 0 Å². The van der Waals surface area contributed by atoms with Crippen molar-refractivity contribution in [2.24, 2.45) is 0 Å². The maximum absolute atomic E-state index is 13.2. The van der Waals surface area contributed by atoms with Gasteiger partial charge in [0, 0.05) is 0 Å². The van der Waals surface area contributed by atoms with Gasteiger partial charge in [0.25, 0.3) is 0 Å². The molecule has 0 atom stereocenters. The number of benzene rings is 6. The maximum atomic E-state index is 13.2. The van der Waals surface area contributed by atoms with Crippen LogP contribution in [0.2, 0.25) is 0 Å². The molecule has 6 aromatic carbocycles. The summed E-state index contributed by atoms with van der Waals surface area (Å²) in [6.45, 7) is 0. The Bertz CT molecular complexity index is 1620. The lowest BCUT2D eigenvalue weighted by Gasteiger charge is -2.18. The van der Waals surface area contributed by atoms with Crippen molar-refractivity contribution in [3.05, 3.63) is 121 Å². The quantitative estimate of drug-likeness (QED) is 0.231. The van der Waals surface area contributed by atoms with Gasteiger partial charge in [0.1, 0.15) is 0 Å². The molecule has 0 aliphatic carbocycles. The van der Waals surface area contributed by atoms with Gasteiger partial charge in [-0.1, -0.05) is 97.1 Å². The average Bonchev–Trinajstić information content (AvgIpc) is 2.86. The normalized spacial score (nSPS) is 12.0. The SMILES string of the molecule is FC(F)(F)c1ccc2cc(-c3c4ccccc4c(-c4ccccc4)c4ccccc34)ccc2c1. The minimum absolute atomic E-state index is 0.577. The Kier molecular flexibility index (Phi) is 4.66. The summed E-state index contributed by atoms with van der Waals surface area (Å²) in [7, 11) is 0. The van der Waals surface area contributed by atoms with Gasteiger partial charge in [-0.15, -0.1) is 0 Å². The molecule has 0 saturated carbocycles. The first kappa shape index (κ1) is 20.5. The first-order chi connectivity index (χ1) is 16.5. The standard InChI is InChI=1S/C31H19F3/c32-31(33,34)24-17-16-21-18-23(15-14-22(21)19-24)30-27-12-6-4-10-25(27)29(20-8-2-1-3-9-20)26-11-5-7-13-28(26)30/h1-19H. The van der Waals surface area contributed by atoms with Crippen molar-refractivity contribution in [2.45, 2.75) is 6.18 Å². The molecule has 3 heteroatoms.